The Labute approximate surface area is 108 Å². The lowest BCUT2D eigenvalue weighted by atomic mass is 9.95. The van der Waals surface area contributed by atoms with Crippen molar-refractivity contribution in [3.8, 4) is 12.3 Å². The molecule has 0 amide bonds. The van der Waals surface area contributed by atoms with Crippen molar-refractivity contribution in [2.24, 2.45) is 0 Å². The van der Waals surface area contributed by atoms with Gasteiger partial charge in [-0.1, -0.05) is 24.1 Å². The fraction of sp³-hybridized carbons (Fsp3) is 0.294. The molecule has 18 heavy (non-hydrogen) atoms. The highest BCUT2D eigenvalue weighted by atomic mass is 15.0. The van der Waals surface area contributed by atoms with Crippen LogP contribution < -0.4 is 0 Å². The van der Waals surface area contributed by atoms with E-state index in [9.17, 15) is 0 Å². The summed E-state index contributed by atoms with van der Waals surface area (Å²) in [6.07, 6.45) is 12.5. The molecule has 1 heterocycles. The highest BCUT2D eigenvalue weighted by Gasteiger charge is 2.20. The van der Waals surface area contributed by atoms with Crippen molar-refractivity contribution >= 4 is 10.9 Å². The summed E-state index contributed by atoms with van der Waals surface area (Å²) in [5.41, 5.74) is 5.21. The first-order valence-electron chi connectivity index (χ1n) is 6.57. The van der Waals surface area contributed by atoms with Gasteiger partial charge in [-0.2, -0.15) is 0 Å². The zero-order valence-corrected chi connectivity index (χ0v) is 10.6. The predicted molar refractivity (Wildman–Crippen MR) is 76.7 cm³/mol. The van der Waals surface area contributed by atoms with Gasteiger partial charge in [-0.25, -0.2) is 0 Å². The monoisotopic (exact) mass is 235 g/mol. The third kappa shape index (κ3) is 1.49. The number of aryl methyl sites for hydroxylation is 1. The first kappa shape index (κ1) is 11.2. The number of aromatic nitrogens is 1. The maximum Gasteiger partial charge on any atom is 0.0647 e. The molecule has 2 aromatic rings. The minimum atomic E-state index is 0.852. The molecule has 0 radical (unpaired) electrons. The van der Waals surface area contributed by atoms with Crippen LogP contribution in [-0.2, 0) is 19.4 Å². The summed E-state index contributed by atoms with van der Waals surface area (Å²) in [6.45, 7) is 4.73. The van der Waals surface area contributed by atoms with Gasteiger partial charge in [0, 0.05) is 23.2 Å². The zero-order valence-electron chi connectivity index (χ0n) is 10.6. The Morgan fingerprint density at radius 3 is 2.94 bits per heavy atom. The number of hydrogen-bond donors (Lipinski definition) is 0. The lowest BCUT2D eigenvalue weighted by molar-refractivity contribution is 0.641. The van der Waals surface area contributed by atoms with E-state index in [0.29, 0.717) is 0 Å². The molecule has 0 aliphatic heterocycles. The van der Waals surface area contributed by atoms with E-state index in [2.05, 4.69) is 29.2 Å². The summed E-state index contributed by atoms with van der Waals surface area (Å²) in [6, 6.07) is 6.32. The van der Waals surface area contributed by atoms with E-state index in [1.807, 2.05) is 12.1 Å². The van der Waals surface area contributed by atoms with E-state index < -0.39 is 0 Å². The molecule has 1 aromatic carbocycles. The molecule has 1 heteroatoms. The van der Waals surface area contributed by atoms with E-state index in [4.69, 9.17) is 6.42 Å². The van der Waals surface area contributed by atoms with Gasteiger partial charge in [-0.15, -0.1) is 13.0 Å². The van der Waals surface area contributed by atoms with Crippen LogP contribution in [0.15, 0.2) is 30.9 Å². The van der Waals surface area contributed by atoms with Crippen LogP contribution in [0.4, 0.5) is 0 Å². The van der Waals surface area contributed by atoms with Gasteiger partial charge in [0.15, 0.2) is 0 Å². The van der Waals surface area contributed by atoms with E-state index in [-0.39, 0.29) is 0 Å². The van der Waals surface area contributed by atoms with Crippen LogP contribution in [0.2, 0.25) is 0 Å². The van der Waals surface area contributed by atoms with Gasteiger partial charge >= 0.3 is 0 Å². The second-order valence-electron chi connectivity index (χ2n) is 4.88. The summed E-state index contributed by atoms with van der Waals surface area (Å²) < 4.78 is 2.37. The number of fused-ring (bicyclic) bond motifs is 3. The van der Waals surface area contributed by atoms with Crippen molar-refractivity contribution in [3.05, 3.63) is 47.7 Å². The van der Waals surface area contributed by atoms with Crippen LogP contribution in [0, 0.1) is 12.3 Å². The molecule has 90 valence electrons. The largest absolute Gasteiger partial charge is 0.339 e. The predicted octanol–water partition coefficient (Wildman–Crippen LogP) is 3.69. The molecular weight excluding hydrogens is 218 g/mol. The van der Waals surface area contributed by atoms with Gasteiger partial charge in [0.25, 0.3) is 0 Å². The lowest BCUT2D eigenvalue weighted by Crippen LogP contribution is -2.07. The van der Waals surface area contributed by atoms with E-state index in [0.717, 1.165) is 12.1 Å². The van der Waals surface area contributed by atoms with Gasteiger partial charge in [-0.05, 0) is 37.3 Å². The third-order valence-corrected chi connectivity index (χ3v) is 3.86. The van der Waals surface area contributed by atoms with Crippen LogP contribution in [0.3, 0.4) is 0 Å². The third-order valence-electron chi connectivity index (χ3n) is 3.86. The maximum atomic E-state index is 5.65. The van der Waals surface area contributed by atoms with E-state index >= 15 is 0 Å². The van der Waals surface area contributed by atoms with Crippen LogP contribution in [0.25, 0.3) is 10.9 Å². The van der Waals surface area contributed by atoms with Crippen molar-refractivity contribution in [3.63, 3.8) is 0 Å². The summed E-state index contributed by atoms with van der Waals surface area (Å²) in [7, 11) is 0. The Morgan fingerprint density at radius 2 is 2.17 bits per heavy atom. The minimum Gasteiger partial charge on any atom is -0.339 e. The van der Waals surface area contributed by atoms with Crippen molar-refractivity contribution in [1.82, 2.24) is 4.57 Å². The molecule has 1 nitrogen and oxygen atoms in total. The summed E-state index contributed by atoms with van der Waals surface area (Å²) in [5, 5.41) is 1.35. The number of nitrogens with zero attached hydrogens (tertiary/aromatic N) is 1. The van der Waals surface area contributed by atoms with E-state index in [1.54, 1.807) is 0 Å². The van der Waals surface area contributed by atoms with Crippen molar-refractivity contribution in [1.29, 1.82) is 0 Å². The minimum absolute atomic E-state index is 0.852. The Balaban J connectivity index is 2.40. The standard InChI is InChI=1S/C17H17N/c1-3-12-18-16-11-6-5-9-14(16)15-10-7-8-13(4-2)17(15)18/h2-3,7-8,10H,1,5-6,9,11-12H2. The van der Waals surface area contributed by atoms with Crippen molar-refractivity contribution in [2.75, 3.05) is 0 Å². The zero-order chi connectivity index (χ0) is 12.5. The van der Waals surface area contributed by atoms with Crippen LogP contribution >= 0.6 is 0 Å². The molecule has 1 aliphatic carbocycles. The van der Waals surface area contributed by atoms with Gasteiger partial charge in [-0.3, -0.25) is 0 Å². The number of benzene rings is 1. The van der Waals surface area contributed by atoms with Crippen LogP contribution in [-0.4, -0.2) is 4.57 Å². The average molecular weight is 235 g/mol. The molecule has 0 bridgehead atoms. The van der Waals surface area contributed by atoms with Gasteiger partial charge in [0.05, 0.1) is 5.52 Å². The highest BCUT2D eigenvalue weighted by molar-refractivity contribution is 5.90. The quantitative estimate of drug-likeness (QED) is 0.552. The smallest absolute Gasteiger partial charge is 0.0647 e. The van der Waals surface area contributed by atoms with E-state index in [1.165, 1.54) is 47.8 Å². The summed E-state index contributed by atoms with van der Waals surface area (Å²) >= 11 is 0. The number of allylic oxidation sites excluding steroid dienone is 1. The van der Waals surface area contributed by atoms with Gasteiger partial charge in [0.1, 0.15) is 0 Å². The maximum absolute atomic E-state index is 5.65. The molecule has 0 fully saturated rings. The summed E-state index contributed by atoms with van der Waals surface area (Å²) in [4.78, 5) is 0. The topological polar surface area (TPSA) is 4.93 Å². The average Bonchev–Trinajstić information content (AvgIpc) is 2.74. The molecule has 0 N–H and O–H groups in total. The molecule has 1 aromatic heterocycles. The highest BCUT2D eigenvalue weighted by Crippen LogP contribution is 2.33. The second-order valence-corrected chi connectivity index (χ2v) is 4.88. The molecule has 0 saturated carbocycles. The van der Waals surface area contributed by atoms with Crippen molar-refractivity contribution in [2.45, 2.75) is 32.2 Å². The Hall–Kier alpha value is -1.94. The molecule has 0 saturated heterocycles. The van der Waals surface area contributed by atoms with Crippen LogP contribution in [0.1, 0.15) is 29.7 Å². The number of hydrogen-bond acceptors (Lipinski definition) is 0. The molecular formula is C17H17N. The van der Waals surface area contributed by atoms with Crippen LogP contribution in [0.5, 0.6) is 0 Å². The number of terminal acetylenes is 1. The SMILES string of the molecule is C#Cc1cccc2c3c(n(CC=C)c12)CCCC3. The molecule has 1 aliphatic rings. The summed E-state index contributed by atoms with van der Waals surface area (Å²) in [5.74, 6) is 2.82. The molecule has 0 atom stereocenters. The van der Waals surface area contributed by atoms with Gasteiger partial charge < -0.3 is 4.57 Å². The Bertz CT molecular complexity index is 652. The number of rotatable bonds is 2. The lowest BCUT2D eigenvalue weighted by Gasteiger charge is -2.14. The first-order chi connectivity index (χ1) is 8.86. The fourth-order valence-corrected chi connectivity index (χ4v) is 3.14. The Kier molecular flexibility index (Phi) is 2.72. The number of para-hydroxylation sites is 1. The normalized spacial score (nSPS) is 14.2. The second kappa shape index (κ2) is 4.38. The molecule has 3 rings (SSSR count). The fourth-order valence-electron chi connectivity index (χ4n) is 3.14. The Morgan fingerprint density at radius 1 is 1.33 bits per heavy atom. The van der Waals surface area contributed by atoms with Crippen molar-refractivity contribution < 1.29 is 0 Å². The van der Waals surface area contributed by atoms with Gasteiger partial charge in [0.2, 0.25) is 0 Å². The molecule has 0 unspecified atom stereocenters. The first-order valence-corrected chi connectivity index (χ1v) is 6.57. The molecule has 0 spiro atoms.